The zero-order valence-corrected chi connectivity index (χ0v) is 7.14. The van der Waals surface area contributed by atoms with Crippen LogP contribution in [0.1, 0.15) is 5.56 Å². The number of hydrogen-bond donors (Lipinski definition) is 0. The van der Waals surface area contributed by atoms with Gasteiger partial charge in [0.05, 0.1) is 4.90 Å². The van der Waals surface area contributed by atoms with Crippen LogP contribution in [0.5, 0.6) is 0 Å². The Labute approximate surface area is 66.0 Å². The Bertz CT molecular complexity index is 356. The van der Waals surface area contributed by atoms with E-state index in [2.05, 4.69) is 11.2 Å². The van der Waals surface area contributed by atoms with Crippen molar-refractivity contribution in [3.8, 4) is 0 Å². The molecule has 1 heterocycles. The molecule has 1 aromatic rings. The molecule has 0 N–H and O–H groups in total. The molecule has 1 rings (SSSR count). The second kappa shape index (κ2) is 2.62. The highest BCUT2D eigenvalue weighted by molar-refractivity contribution is 7.90. The van der Waals surface area contributed by atoms with Crippen molar-refractivity contribution in [2.24, 2.45) is 0 Å². The first-order chi connectivity index (χ1) is 5.00. The molecule has 0 atom stereocenters. The molecule has 59 valence electrons. The summed E-state index contributed by atoms with van der Waals surface area (Å²) >= 11 is 0. The van der Waals surface area contributed by atoms with E-state index in [1.54, 1.807) is 19.2 Å². The fourth-order valence-electron chi connectivity index (χ4n) is 0.664. The van der Waals surface area contributed by atoms with Crippen molar-refractivity contribution in [3.63, 3.8) is 0 Å². The maximum atomic E-state index is 10.9. The van der Waals surface area contributed by atoms with Crippen LogP contribution in [0.3, 0.4) is 0 Å². The van der Waals surface area contributed by atoms with E-state index in [1.807, 2.05) is 0 Å². The number of aryl methyl sites for hydroxylation is 1. The summed E-state index contributed by atoms with van der Waals surface area (Å²) in [7, 11) is -3.14. The standard InChI is InChI=1S/C7H8NO2S/c1-6-3-7(5-8-4-6)11(2,9)10/h3-4H,1-2H3. The van der Waals surface area contributed by atoms with Crippen molar-refractivity contribution in [1.29, 1.82) is 0 Å². The summed E-state index contributed by atoms with van der Waals surface area (Å²) in [4.78, 5) is 3.80. The second-order valence-electron chi connectivity index (χ2n) is 2.39. The summed E-state index contributed by atoms with van der Waals surface area (Å²) in [5.74, 6) is 0. The van der Waals surface area contributed by atoms with E-state index in [1.165, 1.54) is 0 Å². The van der Waals surface area contributed by atoms with Gasteiger partial charge in [0.2, 0.25) is 0 Å². The average molecular weight is 170 g/mol. The molecule has 0 saturated heterocycles. The molecule has 0 unspecified atom stereocenters. The largest absolute Gasteiger partial charge is 0.253 e. The van der Waals surface area contributed by atoms with Crippen LogP contribution in [0.15, 0.2) is 17.2 Å². The van der Waals surface area contributed by atoms with Crippen LogP contribution in [0.25, 0.3) is 0 Å². The molecule has 1 aromatic heterocycles. The third-order valence-corrected chi connectivity index (χ3v) is 2.21. The van der Waals surface area contributed by atoms with E-state index in [4.69, 9.17) is 0 Å². The number of sulfone groups is 1. The van der Waals surface area contributed by atoms with E-state index < -0.39 is 9.84 Å². The summed E-state index contributed by atoms with van der Waals surface area (Å²) in [6.07, 6.45) is 5.11. The van der Waals surface area contributed by atoms with Crippen molar-refractivity contribution in [3.05, 3.63) is 24.0 Å². The highest BCUT2D eigenvalue weighted by Gasteiger charge is 2.06. The number of hydrogen-bond acceptors (Lipinski definition) is 3. The van der Waals surface area contributed by atoms with E-state index >= 15 is 0 Å². The SMILES string of the molecule is Cc1cn[c]c(S(C)(=O)=O)c1. The molecule has 0 amide bonds. The predicted octanol–water partition coefficient (Wildman–Crippen LogP) is 0.594. The summed E-state index contributed by atoms with van der Waals surface area (Å²) in [6.45, 7) is 1.79. The molecule has 0 aliphatic heterocycles. The highest BCUT2D eigenvalue weighted by atomic mass is 32.2. The lowest BCUT2D eigenvalue weighted by molar-refractivity contribution is 0.601. The van der Waals surface area contributed by atoms with Gasteiger partial charge in [-0.1, -0.05) is 0 Å². The van der Waals surface area contributed by atoms with Crippen molar-refractivity contribution < 1.29 is 8.42 Å². The number of nitrogens with zero attached hydrogens (tertiary/aromatic N) is 1. The van der Waals surface area contributed by atoms with Crippen molar-refractivity contribution in [1.82, 2.24) is 4.98 Å². The van der Waals surface area contributed by atoms with E-state index in [0.29, 0.717) is 0 Å². The molecule has 4 heteroatoms. The lowest BCUT2D eigenvalue weighted by atomic mass is 10.3. The van der Waals surface area contributed by atoms with Gasteiger partial charge < -0.3 is 0 Å². The number of rotatable bonds is 1. The fourth-order valence-corrected chi connectivity index (χ4v) is 1.28. The minimum absolute atomic E-state index is 0.150. The molecule has 0 aliphatic rings. The van der Waals surface area contributed by atoms with Crippen LogP contribution in [0.4, 0.5) is 0 Å². The Kier molecular flexibility index (Phi) is 1.95. The molecule has 0 aliphatic carbocycles. The summed E-state index contributed by atoms with van der Waals surface area (Å²) in [6, 6.07) is 1.54. The van der Waals surface area contributed by atoms with Gasteiger partial charge >= 0.3 is 0 Å². The van der Waals surface area contributed by atoms with Crippen LogP contribution in [0.2, 0.25) is 0 Å². The van der Waals surface area contributed by atoms with Crippen LogP contribution in [-0.4, -0.2) is 19.7 Å². The smallest absolute Gasteiger partial charge is 0.177 e. The first kappa shape index (κ1) is 8.20. The normalized spacial score (nSPS) is 11.5. The van der Waals surface area contributed by atoms with Gasteiger partial charge in [-0.05, 0) is 18.6 Å². The van der Waals surface area contributed by atoms with Crippen molar-refractivity contribution >= 4 is 9.84 Å². The monoisotopic (exact) mass is 170 g/mol. The van der Waals surface area contributed by atoms with Gasteiger partial charge in [-0.3, -0.25) is 4.98 Å². The van der Waals surface area contributed by atoms with Crippen molar-refractivity contribution in [2.45, 2.75) is 11.8 Å². The number of aromatic nitrogens is 1. The van der Waals surface area contributed by atoms with Crippen LogP contribution in [0, 0.1) is 13.1 Å². The lowest BCUT2D eigenvalue weighted by Gasteiger charge is -1.95. The molecule has 3 nitrogen and oxygen atoms in total. The van der Waals surface area contributed by atoms with Gasteiger partial charge in [0.15, 0.2) is 9.84 Å². The minimum Gasteiger partial charge on any atom is -0.253 e. The quantitative estimate of drug-likeness (QED) is 0.619. The Morgan fingerprint density at radius 3 is 2.55 bits per heavy atom. The molecule has 0 saturated carbocycles. The van der Waals surface area contributed by atoms with E-state index in [-0.39, 0.29) is 4.90 Å². The Hall–Kier alpha value is -0.900. The molecule has 0 fully saturated rings. The molecular formula is C7H8NO2S. The maximum Gasteiger partial charge on any atom is 0.177 e. The molecule has 0 bridgehead atoms. The average Bonchev–Trinajstić information content (AvgIpc) is 1.86. The van der Waals surface area contributed by atoms with Gasteiger partial charge in [0.1, 0.15) is 6.20 Å². The predicted molar refractivity (Wildman–Crippen MR) is 40.9 cm³/mol. The lowest BCUT2D eigenvalue weighted by Crippen LogP contribution is -1.98. The third-order valence-electron chi connectivity index (χ3n) is 1.20. The molecule has 0 spiro atoms. The molecule has 1 radical (unpaired) electrons. The second-order valence-corrected chi connectivity index (χ2v) is 4.38. The maximum absolute atomic E-state index is 10.9. The topological polar surface area (TPSA) is 47.0 Å². The Balaban J connectivity index is 3.28. The fraction of sp³-hybridized carbons (Fsp3) is 0.286. The minimum atomic E-state index is -3.14. The third kappa shape index (κ3) is 2.01. The van der Waals surface area contributed by atoms with E-state index in [0.717, 1.165) is 11.8 Å². The molecule has 0 aromatic carbocycles. The van der Waals surface area contributed by atoms with Crippen LogP contribution >= 0.6 is 0 Å². The van der Waals surface area contributed by atoms with Crippen LogP contribution in [-0.2, 0) is 9.84 Å². The number of pyridine rings is 1. The van der Waals surface area contributed by atoms with Crippen molar-refractivity contribution in [2.75, 3.05) is 6.26 Å². The molecular weight excluding hydrogens is 162 g/mol. The first-order valence-corrected chi connectivity index (χ1v) is 4.93. The van der Waals surface area contributed by atoms with Crippen LogP contribution < -0.4 is 0 Å². The van der Waals surface area contributed by atoms with Gasteiger partial charge in [-0.25, -0.2) is 8.42 Å². The van der Waals surface area contributed by atoms with E-state index in [9.17, 15) is 8.42 Å². The Morgan fingerprint density at radius 2 is 2.18 bits per heavy atom. The summed E-state index contributed by atoms with van der Waals surface area (Å²) in [5.41, 5.74) is 0.823. The first-order valence-electron chi connectivity index (χ1n) is 3.04. The van der Waals surface area contributed by atoms with Gasteiger partial charge in [0, 0.05) is 12.5 Å². The summed E-state index contributed by atoms with van der Waals surface area (Å²) < 4.78 is 21.8. The molecule has 11 heavy (non-hydrogen) atoms. The highest BCUT2D eigenvalue weighted by Crippen LogP contribution is 2.06. The zero-order chi connectivity index (χ0) is 8.48. The zero-order valence-electron chi connectivity index (χ0n) is 6.33. The Morgan fingerprint density at radius 1 is 1.55 bits per heavy atom. The summed E-state index contributed by atoms with van der Waals surface area (Å²) in [5, 5.41) is 0. The van der Waals surface area contributed by atoms with Gasteiger partial charge in [-0.15, -0.1) is 0 Å². The van der Waals surface area contributed by atoms with Gasteiger partial charge in [0.25, 0.3) is 0 Å². The van der Waals surface area contributed by atoms with Gasteiger partial charge in [-0.2, -0.15) is 0 Å².